The molecule has 2 heterocycles. The molecule has 7 heteroatoms. The van der Waals surface area contributed by atoms with Gasteiger partial charge in [0, 0.05) is 17.7 Å². The topological polar surface area (TPSA) is 95.9 Å². The molecule has 1 aliphatic rings. The number of nitrogen functional groups attached to an aromatic ring is 1. The van der Waals surface area contributed by atoms with Gasteiger partial charge in [-0.15, -0.1) is 0 Å². The second-order valence-electron chi connectivity index (χ2n) is 5.08. The minimum Gasteiger partial charge on any atom is -0.462 e. The van der Waals surface area contributed by atoms with Gasteiger partial charge in [0.1, 0.15) is 11.6 Å². The molecule has 0 radical (unpaired) electrons. The first kappa shape index (κ1) is 13.5. The molecule has 3 rings (SSSR count). The van der Waals surface area contributed by atoms with Crippen molar-refractivity contribution >= 4 is 11.8 Å². The highest BCUT2D eigenvalue weighted by Crippen LogP contribution is 2.39. The largest absolute Gasteiger partial charge is 0.462 e. The van der Waals surface area contributed by atoms with Crippen molar-refractivity contribution in [1.29, 1.82) is 0 Å². The molecule has 21 heavy (non-hydrogen) atoms. The number of rotatable bonds is 4. The summed E-state index contributed by atoms with van der Waals surface area (Å²) in [7, 11) is 0. The summed E-state index contributed by atoms with van der Waals surface area (Å²) in [6.07, 6.45) is 5.25. The fourth-order valence-corrected chi connectivity index (χ4v) is 2.04. The van der Waals surface area contributed by atoms with E-state index >= 15 is 0 Å². The summed E-state index contributed by atoms with van der Waals surface area (Å²) in [5, 5.41) is 4.18. The Balaban J connectivity index is 1.98. The zero-order valence-corrected chi connectivity index (χ0v) is 12.0. The number of nitrogens with zero attached hydrogens (tertiary/aromatic N) is 4. The Morgan fingerprint density at radius 2 is 2.24 bits per heavy atom. The summed E-state index contributed by atoms with van der Waals surface area (Å²) in [4.78, 5) is 20.6. The molecule has 0 amide bonds. The second-order valence-corrected chi connectivity index (χ2v) is 5.08. The molecule has 0 atom stereocenters. The highest BCUT2D eigenvalue weighted by molar-refractivity contribution is 5.88. The number of carbonyl (C=O) groups is 1. The molecule has 0 spiro atoms. The van der Waals surface area contributed by atoms with E-state index < -0.39 is 5.97 Å². The predicted molar refractivity (Wildman–Crippen MR) is 76.2 cm³/mol. The van der Waals surface area contributed by atoms with E-state index in [1.807, 2.05) is 6.92 Å². The molecule has 0 aliphatic heterocycles. The predicted octanol–water partition coefficient (Wildman–Crippen LogP) is 1.61. The number of anilines is 1. The molecule has 1 saturated carbocycles. The lowest BCUT2D eigenvalue weighted by Gasteiger charge is -2.09. The number of aromatic nitrogens is 4. The number of esters is 1. The van der Waals surface area contributed by atoms with Gasteiger partial charge in [0.25, 0.3) is 0 Å². The average molecular weight is 287 g/mol. The van der Waals surface area contributed by atoms with Gasteiger partial charge < -0.3 is 10.5 Å². The van der Waals surface area contributed by atoms with Crippen molar-refractivity contribution in [2.75, 3.05) is 12.3 Å². The van der Waals surface area contributed by atoms with Crippen LogP contribution in [-0.2, 0) is 4.74 Å². The van der Waals surface area contributed by atoms with Crippen LogP contribution in [0.25, 0.3) is 5.82 Å². The molecule has 0 bridgehead atoms. The summed E-state index contributed by atoms with van der Waals surface area (Å²) in [5.74, 6) is 1.81. The fraction of sp³-hybridized carbons (Fsp3) is 0.429. The van der Waals surface area contributed by atoms with Crippen LogP contribution in [0.3, 0.4) is 0 Å². The Hall–Kier alpha value is -2.44. The maximum atomic E-state index is 11.7. The molecule has 0 unspecified atom stereocenters. The zero-order valence-electron chi connectivity index (χ0n) is 12.0. The van der Waals surface area contributed by atoms with Crippen LogP contribution in [0.2, 0.25) is 0 Å². The number of hydrogen-bond acceptors (Lipinski definition) is 6. The average Bonchev–Trinajstić information content (AvgIpc) is 3.19. The van der Waals surface area contributed by atoms with E-state index in [1.165, 1.54) is 6.20 Å². The Labute approximate surface area is 122 Å². The lowest BCUT2D eigenvalue weighted by molar-refractivity contribution is 0.0526. The monoisotopic (exact) mass is 287 g/mol. The van der Waals surface area contributed by atoms with Crippen LogP contribution in [0.5, 0.6) is 0 Å². The van der Waals surface area contributed by atoms with Gasteiger partial charge in [-0.25, -0.2) is 19.4 Å². The van der Waals surface area contributed by atoms with Crippen LogP contribution in [0.1, 0.15) is 47.4 Å². The maximum Gasteiger partial charge on any atom is 0.341 e. The molecule has 2 aromatic rings. The van der Waals surface area contributed by atoms with Gasteiger partial charge >= 0.3 is 5.97 Å². The molecule has 2 N–H and O–H groups in total. The molecule has 7 nitrogen and oxygen atoms in total. The normalized spacial score (nSPS) is 14.2. The highest BCUT2D eigenvalue weighted by Gasteiger charge is 2.28. The van der Waals surface area contributed by atoms with Gasteiger partial charge in [0.15, 0.2) is 5.82 Å². The van der Waals surface area contributed by atoms with Crippen LogP contribution in [0.15, 0.2) is 12.4 Å². The summed E-state index contributed by atoms with van der Waals surface area (Å²) in [6.45, 7) is 3.93. The van der Waals surface area contributed by atoms with Gasteiger partial charge in [-0.3, -0.25) is 0 Å². The minimum absolute atomic E-state index is 0.329. The van der Waals surface area contributed by atoms with E-state index in [4.69, 9.17) is 10.5 Å². The van der Waals surface area contributed by atoms with Crippen LogP contribution in [0.4, 0.5) is 5.82 Å². The van der Waals surface area contributed by atoms with E-state index in [1.54, 1.807) is 17.8 Å². The van der Waals surface area contributed by atoms with Crippen LogP contribution in [-0.4, -0.2) is 32.3 Å². The Morgan fingerprint density at radius 1 is 1.48 bits per heavy atom. The van der Waals surface area contributed by atoms with Crippen molar-refractivity contribution in [2.45, 2.75) is 32.6 Å². The lowest BCUT2D eigenvalue weighted by Crippen LogP contribution is -2.09. The van der Waals surface area contributed by atoms with Gasteiger partial charge in [-0.05, 0) is 26.7 Å². The third-order valence-electron chi connectivity index (χ3n) is 3.43. The van der Waals surface area contributed by atoms with E-state index in [0.29, 0.717) is 29.7 Å². The zero-order chi connectivity index (χ0) is 15.0. The first-order valence-electron chi connectivity index (χ1n) is 6.96. The van der Waals surface area contributed by atoms with Gasteiger partial charge in [0.05, 0.1) is 18.4 Å². The van der Waals surface area contributed by atoms with Gasteiger partial charge in [-0.2, -0.15) is 5.10 Å². The van der Waals surface area contributed by atoms with Crippen LogP contribution in [0, 0.1) is 6.92 Å². The summed E-state index contributed by atoms with van der Waals surface area (Å²) < 4.78 is 6.50. The van der Waals surface area contributed by atoms with Crippen LogP contribution >= 0.6 is 0 Å². The van der Waals surface area contributed by atoms with Crippen molar-refractivity contribution in [3.63, 3.8) is 0 Å². The van der Waals surface area contributed by atoms with E-state index in [0.717, 1.165) is 24.2 Å². The molecular formula is C14H17N5O2. The summed E-state index contributed by atoms with van der Waals surface area (Å²) >= 11 is 0. The fourth-order valence-electron chi connectivity index (χ4n) is 2.04. The smallest absolute Gasteiger partial charge is 0.341 e. The molecule has 1 aliphatic carbocycles. The molecule has 2 aromatic heterocycles. The number of carbonyl (C=O) groups excluding carboxylic acids is 1. The van der Waals surface area contributed by atoms with Crippen molar-refractivity contribution < 1.29 is 9.53 Å². The van der Waals surface area contributed by atoms with E-state index in [9.17, 15) is 4.79 Å². The Bertz CT molecular complexity index is 691. The third-order valence-corrected chi connectivity index (χ3v) is 3.43. The lowest BCUT2D eigenvalue weighted by atomic mass is 10.3. The van der Waals surface area contributed by atoms with Gasteiger partial charge in [0.2, 0.25) is 0 Å². The molecular weight excluding hydrogens is 270 g/mol. The van der Waals surface area contributed by atoms with E-state index in [2.05, 4.69) is 15.1 Å². The highest BCUT2D eigenvalue weighted by atomic mass is 16.5. The van der Waals surface area contributed by atoms with Crippen LogP contribution < -0.4 is 5.73 Å². The standard InChI is InChI=1S/C14H17N5O2/c1-3-21-14(20)10-6-16-19(7-10)13-8(2)11(15)17-12(18-13)9-4-5-9/h6-7,9H,3-5H2,1-2H3,(H2,15,17,18). The second kappa shape index (κ2) is 5.16. The minimum atomic E-state index is -0.397. The Morgan fingerprint density at radius 3 is 2.90 bits per heavy atom. The number of ether oxygens (including phenoxy) is 1. The first-order valence-corrected chi connectivity index (χ1v) is 6.96. The van der Waals surface area contributed by atoms with Crippen molar-refractivity contribution in [2.24, 2.45) is 0 Å². The first-order chi connectivity index (χ1) is 10.1. The van der Waals surface area contributed by atoms with Crippen molar-refractivity contribution in [3.8, 4) is 5.82 Å². The summed E-state index contributed by atoms with van der Waals surface area (Å²) in [5.41, 5.74) is 7.09. The maximum absolute atomic E-state index is 11.7. The molecule has 1 fully saturated rings. The summed E-state index contributed by atoms with van der Waals surface area (Å²) in [6, 6.07) is 0. The molecule has 0 aromatic carbocycles. The molecule has 0 saturated heterocycles. The molecule has 110 valence electrons. The number of hydrogen-bond donors (Lipinski definition) is 1. The van der Waals surface area contributed by atoms with Gasteiger partial charge in [-0.1, -0.05) is 0 Å². The SMILES string of the molecule is CCOC(=O)c1cnn(-c2nc(C3CC3)nc(N)c2C)c1. The van der Waals surface area contributed by atoms with Crippen molar-refractivity contribution in [3.05, 3.63) is 29.3 Å². The Kier molecular flexibility index (Phi) is 3.32. The third kappa shape index (κ3) is 2.58. The number of nitrogens with two attached hydrogens (primary N) is 1. The quantitative estimate of drug-likeness (QED) is 0.858. The van der Waals surface area contributed by atoms with Crippen molar-refractivity contribution in [1.82, 2.24) is 19.7 Å². The van der Waals surface area contributed by atoms with E-state index in [-0.39, 0.29) is 0 Å².